The Labute approximate surface area is 136 Å². The van der Waals surface area contributed by atoms with Gasteiger partial charge in [-0.1, -0.05) is 13.0 Å². The zero-order valence-corrected chi connectivity index (χ0v) is 14.4. The van der Waals surface area contributed by atoms with Crippen molar-refractivity contribution < 1.29 is 9.53 Å². The van der Waals surface area contributed by atoms with Gasteiger partial charge in [-0.05, 0) is 50.8 Å². The van der Waals surface area contributed by atoms with Crippen LogP contribution in [-0.4, -0.2) is 61.6 Å². The van der Waals surface area contributed by atoms with Crippen molar-refractivity contribution in [3.63, 3.8) is 0 Å². The highest BCUT2D eigenvalue weighted by atomic mass is 32.1. The lowest BCUT2D eigenvalue weighted by molar-refractivity contribution is 0.0992. The topological polar surface area (TPSA) is 45.1 Å². The van der Waals surface area contributed by atoms with E-state index in [0.29, 0.717) is 23.5 Å². The van der Waals surface area contributed by atoms with Crippen molar-refractivity contribution in [1.82, 2.24) is 9.80 Å². The number of amides is 1. The highest BCUT2D eigenvalue weighted by molar-refractivity contribution is 7.12. The van der Waals surface area contributed by atoms with Crippen molar-refractivity contribution in [1.29, 1.82) is 0 Å². The summed E-state index contributed by atoms with van der Waals surface area (Å²) in [6.07, 6.45) is 3.02. The molecule has 5 nitrogen and oxygen atoms in total. The molecule has 1 aliphatic heterocycles. The van der Waals surface area contributed by atoms with E-state index in [9.17, 15) is 4.79 Å². The molecule has 0 atom stereocenters. The Balaban J connectivity index is 2.09. The normalized spacial score (nSPS) is 17.5. The summed E-state index contributed by atoms with van der Waals surface area (Å²) in [5, 5.41) is 1.88. The van der Waals surface area contributed by atoms with Crippen LogP contribution in [0, 0.1) is 0 Å². The highest BCUT2D eigenvalue weighted by Gasteiger charge is 2.24. The van der Waals surface area contributed by atoms with Gasteiger partial charge in [0.15, 0.2) is 0 Å². The van der Waals surface area contributed by atoms with Crippen LogP contribution in [0.25, 0.3) is 0 Å². The maximum Gasteiger partial charge on any atom is 0.295 e. The summed E-state index contributed by atoms with van der Waals surface area (Å²) in [4.78, 5) is 21.5. The number of carbonyl (C=O) groups is 1. The van der Waals surface area contributed by atoms with Crippen LogP contribution in [0.5, 0.6) is 0 Å². The zero-order valence-electron chi connectivity index (χ0n) is 13.6. The first-order valence-electron chi connectivity index (χ1n) is 7.82. The van der Waals surface area contributed by atoms with Crippen molar-refractivity contribution in [2.24, 2.45) is 4.99 Å². The standard InChI is InChI=1S/C16H25N3O2S/c1-4-11-21-16(17-15(20)14-6-5-12-22-14)19(3)13-7-9-18(2)10-8-13/h5-6,12-13H,4,7-11H2,1-3H3. The summed E-state index contributed by atoms with van der Waals surface area (Å²) in [6, 6.07) is 4.49. The molecule has 1 aromatic rings. The molecular weight excluding hydrogens is 298 g/mol. The minimum Gasteiger partial charge on any atom is -0.465 e. The molecule has 1 aliphatic rings. The van der Waals surface area contributed by atoms with Crippen molar-refractivity contribution in [2.45, 2.75) is 32.2 Å². The molecule has 22 heavy (non-hydrogen) atoms. The molecular formula is C16H25N3O2S. The van der Waals surface area contributed by atoms with Gasteiger partial charge in [0.25, 0.3) is 11.9 Å². The molecule has 0 aromatic carbocycles. The number of carbonyl (C=O) groups excluding carboxylic acids is 1. The lowest BCUT2D eigenvalue weighted by Gasteiger charge is -2.35. The maximum absolute atomic E-state index is 12.2. The number of piperidine rings is 1. The average Bonchev–Trinajstić information content (AvgIpc) is 3.06. The molecule has 122 valence electrons. The van der Waals surface area contributed by atoms with Crippen LogP contribution in [0.1, 0.15) is 35.9 Å². The number of amidine groups is 1. The summed E-state index contributed by atoms with van der Waals surface area (Å²) < 4.78 is 5.75. The third-order valence-electron chi connectivity index (χ3n) is 3.90. The van der Waals surface area contributed by atoms with Crippen molar-refractivity contribution >= 4 is 23.3 Å². The van der Waals surface area contributed by atoms with Crippen molar-refractivity contribution in [3.05, 3.63) is 22.4 Å². The third-order valence-corrected chi connectivity index (χ3v) is 4.76. The number of aliphatic imine (C=N–C) groups is 1. The van der Waals surface area contributed by atoms with E-state index in [1.807, 2.05) is 30.3 Å². The molecule has 2 rings (SSSR count). The monoisotopic (exact) mass is 323 g/mol. The zero-order chi connectivity index (χ0) is 15.9. The lowest BCUT2D eigenvalue weighted by atomic mass is 10.0. The molecule has 1 saturated heterocycles. The van der Waals surface area contributed by atoms with E-state index in [1.165, 1.54) is 11.3 Å². The van der Waals surface area contributed by atoms with Crippen LogP contribution >= 0.6 is 11.3 Å². The lowest BCUT2D eigenvalue weighted by Crippen LogP contribution is -2.45. The van der Waals surface area contributed by atoms with E-state index in [0.717, 1.165) is 32.4 Å². The van der Waals surface area contributed by atoms with Gasteiger partial charge in [-0.15, -0.1) is 11.3 Å². The second-order valence-electron chi connectivity index (χ2n) is 5.67. The molecule has 0 radical (unpaired) electrons. The van der Waals surface area contributed by atoms with Gasteiger partial charge in [0.1, 0.15) is 0 Å². The van der Waals surface area contributed by atoms with Gasteiger partial charge >= 0.3 is 0 Å². The molecule has 6 heteroatoms. The van der Waals surface area contributed by atoms with E-state index in [4.69, 9.17) is 4.74 Å². The van der Waals surface area contributed by atoms with Crippen LogP contribution in [0.4, 0.5) is 0 Å². The minimum absolute atomic E-state index is 0.221. The Morgan fingerprint density at radius 1 is 1.50 bits per heavy atom. The Morgan fingerprint density at radius 2 is 2.23 bits per heavy atom. The number of hydrogen-bond donors (Lipinski definition) is 0. The SMILES string of the molecule is CCCOC(=NC(=O)c1cccs1)N(C)C1CCN(C)CC1. The molecule has 1 aromatic heterocycles. The quantitative estimate of drug-likeness (QED) is 0.631. The number of ether oxygens (including phenoxy) is 1. The van der Waals surface area contributed by atoms with Crippen LogP contribution in [0.15, 0.2) is 22.5 Å². The number of likely N-dealkylation sites (tertiary alicyclic amines) is 1. The highest BCUT2D eigenvalue weighted by Crippen LogP contribution is 2.16. The summed E-state index contributed by atoms with van der Waals surface area (Å²) in [7, 11) is 4.12. The smallest absolute Gasteiger partial charge is 0.295 e. The van der Waals surface area contributed by atoms with Gasteiger partial charge in [0, 0.05) is 13.1 Å². The summed E-state index contributed by atoms with van der Waals surface area (Å²) >= 11 is 1.41. The first-order chi connectivity index (χ1) is 10.6. The fourth-order valence-corrected chi connectivity index (χ4v) is 3.09. The van der Waals surface area contributed by atoms with Crippen molar-refractivity contribution in [3.8, 4) is 0 Å². The Hall–Kier alpha value is -1.40. The Morgan fingerprint density at radius 3 is 2.82 bits per heavy atom. The van der Waals surface area contributed by atoms with Crippen LogP contribution in [-0.2, 0) is 4.74 Å². The number of hydrogen-bond acceptors (Lipinski definition) is 4. The molecule has 1 amide bonds. The summed E-state index contributed by atoms with van der Waals surface area (Å²) in [5.41, 5.74) is 0. The van der Waals surface area contributed by atoms with E-state index < -0.39 is 0 Å². The Bertz CT molecular complexity index is 493. The van der Waals surface area contributed by atoms with Gasteiger partial charge in [-0.3, -0.25) is 4.79 Å². The molecule has 0 saturated carbocycles. The second kappa shape index (κ2) is 8.29. The van der Waals surface area contributed by atoms with E-state index in [1.54, 1.807) is 6.07 Å². The van der Waals surface area contributed by atoms with Crippen LogP contribution in [0.3, 0.4) is 0 Å². The fraction of sp³-hybridized carbons (Fsp3) is 0.625. The predicted octanol–water partition coefficient (Wildman–Crippen LogP) is 2.70. The molecule has 0 spiro atoms. The number of rotatable bonds is 4. The first kappa shape index (κ1) is 17.0. The fourth-order valence-electron chi connectivity index (χ4n) is 2.49. The van der Waals surface area contributed by atoms with Gasteiger partial charge in [-0.2, -0.15) is 4.99 Å². The van der Waals surface area contributed by atoms with E-state index in [2.05, 4.69) is 16.9 Å². The van der Waals surface area contributed by atoms with Crippen LogP contribution < -0.4 is 0 Å². The van der Waals surface area contributed by atoms with Crippen LogP contribution in [0.2, 0.25) is 0 Å². The van der Waals surface area contributed by atoms with E-state index >= 15 is 0 Å². The molecule has 0 aliphatic carbocycles. The number of nitrogens with zero attached hydrogens (tertiary/aromatic N) is 3. The predicted molar refractivity (Wildman–Crippen MR) is 90.6 cm³/mol. The largest absolute Gasteiger partial charge is 0.465 e. The van der Waals surface area contributed by atoms with Crippen molar-refractivity contribution in [2.75, 3.05) is 33.8 Å². The van der Waals surface area contributed by atoms with Gasteiger partial charge in [0.2, 0.25) is 0 Å². The molecule has 0 bridgehead atoms. The van der Waals surface area contributed by atoms with Gasteiger partial charge < -0.3 is 14.5 Å². The Kier molecular flexibility index (Phi) is 6.39. The molecule has 2 heterocycles. The average molecular weight is 323 g/mol. The maximum atomic E-state index is 12.2. The first-order valence-corrected chi connectivity index (χ1v) is 8.70. The van der Waals surface area contributed by atoms with E-state index in [-0.39, 0.29) is 5.91 Å². The minimum atomic E-state index is -0.221. The molecule has 0 unspecified atom stereocenters. The second-order valence-corrected chi connectivity index (χ2v) is 6.62. The third kappa shape index (κ3) is 4.55. The molecule has 0 N–H and O–H groups in total. The number of thiophene rings is 1. The summed E-state index contributed by atoms with van der Waals surface area (Å²) in [5.74, 6) is -0.221. The van der Waals surface area contributed by atoms with Gasteiger partial charge in [-0.25, -0.2) is 0 Å². The van der Waals surface area contributed by atoms with Gasteiger partial charge in [0.05, 0.1) is 11.5 Å². The molecule has 1 fully saturated rings. The summed E-state index contributed by atoms with van der Waals surface area (Å²) in [6.45, 7) is 4.76.